The molecule has 1 saturated heterocycles. The number of nitrogens with zero attached hydrogens (tertiary/aromatic N) is 3. The molecule has 10 nitrogen and oxygen atoms in total. The number of rotatable bonds is 8. The molecule has 4 rings (SSSR count). The number of aromatic carboxylic acids is 2. The van der Waals surface area contributed by atoms with E-state index in [9.17, 15) is 42.6 Å². The first-order chi connectivity index (χ1) is 18.7. The van der Waals surface area contributed by atoms with Crippen molar-refractivity contribution < 1.29 is 42.6 Å². The molecule has 0 radical (unpaired) electrons. The van der Waals surface area contributed by atoms with E-state index in [0.29, 0.717) is 11.1 Å². The number of anilines is 1. The summed E-state index contributed by atoms with van der Waals surface area (Å²) in [7, 11) is 0. The molecule has 1 aromatic carbocycles. The Morgan fingerprint density at radius 2 is 1.38 bits per heavy atom. The van der Waals surface area contributed by atoms with Crippen LogP contribution in [0.4, 0.5) is 23.7 Å². The Morgan fingerprint density at radius 3 is 1.80 bits per heavy atom. The van der Waals surface area contributed by atoms with E-state index in [4.69, 9.17) is 0 Å². The van der Waals surface area contributed by atoms with Gasteiger partial charge in [-0.2, -0.15) is 13.2 Å². The Labute approximate surface area is 229 Å². The topological polar surface area (TPSA) is 150 Å². The number of alkyl halides is 3. The molecule has 1 fully saturated rings. The molecule has 40 heavy (non-hydrogen) atoms. The van der Waals surface area contributed by atoms with Crippen LogP contribution in [0, 0.1) is 0 Å². The molecular weight excluding hydrogens is 553 g/mol. The molecule has 2 atom stereocenters. The standard InChI is InChI=1S/C26H21F3N4O6S/c1-13(15-7-9-30-19(11-15)21(34)35)25(14(2)16-8-10-31-20(12-16)22(36)37)23(38)33(24(39)32-25)17-3-5-18(6-4-17)40-26(27,28)29/h3-14H,1-2H3,(H,32,39)(H,34,35)(H,36,37). The molecule has 3 aromatic rings. The first kappa shape index (κ1) is 28.5. The summed E-state index contributed by atoms with van der Waals surface area (Å²) in [5, 5.41) is 21.6. The van der Waals surface area contributed by atoms with Crippen molar-refractivity contribution in [1.29, 1.82) is 0 Å². The van der Waals surface area contributed by atoms with E-state index in [-0.39, 0.29) is 33.7 Å². The van der Waals surface area contributed by atoms with Gasteiger partial charge in [0.1, 0.15) is 16.9 Å². The number of thioether (sulfide) groups is 1. The van der Waals surface area contributed by atoms with Gasteiger partial charge in [-0.3, -0.25) is 4.79 Å². The highest BCUT2D eigenvalue weighted by Gasteiger charge is 2.58. The molecule has 3 amide bonds. The summed E-state index contributed by atoms with van der Waals surface area (Å²) < 4.78 is 38.3. The lowest BCUT2D eigenvalue weighted by molar-refractivity contribution is -0.123. The fourth-order valence-corrected chi connectivity index (χ4v) is 5.29. The Bertz CT molecular complexity index is 1430. The highest BCUT2D eigenvalue weighted by molar-refractivity contribution is 8.00. The summed E-state index contributed by atoms with van der Waals surface area (Å²) in [6.07, 6.45) is 2.50. The van der Waals surface area contributed by atoms with Gasteiger partial charge in [-0.25, -0.2) is 29.3 Å². The maximum atomic E-state index is 14.2. The minimum atomic E-state index is -4.53. The molecule has 2 unspecified atom stereocenters. The van der Waals surface area contributed by atoms with Gasteiger partial charge in [0.05, 0.1) is 5.69 Å². The second-order valence-electron chi connectivity index (χ2n) is 8.98. The van der Waals surface area contributed by atoms with Crippen molar-refractivity contribution in [3.8, 4) is 0 Å². The number of hydrogen-bond donors (Lipinski definition) is 3. The molecule has 3 heterocycles. The van der Waals surface area contributed by atoms with E-state index in [1.807, 2.05) is 0 Å². The first-order valence-electron chi connectivity index (χ1n) is 11.7. The fourth-order valence-electron chi connectivity index (χ4n) is 4.75. The number of amides is 3. The Kier molecular flexibility index (Phi) is 7.57. The van der Waals surface area contributed by atoms with E-state index >= 15 is 0 Å². The molecular formula is C26H21F3N4O6S. The number of benzene rings is 1. The highest BCUT2D eigenvalue weighted by Crippen LogP contribution is 2.45. The normalized spacial score (nSPS) is 18.8. The predicted molar refractivity (Wildman–Crippen MR) is 136 cm³/mol. The van der Waals surface area contributed by atoms with Crippen LogP contribution >= 0.6 is 11.8 Å². The van der Waals surface area contributed by atoms with Gasteiger partial charge in [0.25, 0.3) is 5.91 Å². The van der Waals surface area contributed by atoms with Gasteiger partial charge >= 0.3 is 23.5 Å². The van der Waals surface area contributed by atoms with Gasteiger partial charge in [-0.05, 0) is 71.4 Å². The maximum absolute atomic E-state index is 14.2. The van der Waals surface area contributed by atoms with Gasteiger partial charge in [-0.1, -0.05) is 13.8 Å². The minimum absolute atomic E-state index is 0.0113. The van der Waals surface area contributed by atoms with Crippen LogP contribution in [0.15, 0.2) is 65.8 Å². The molecule has 1 aliphatic rings. The van der Waals surface area contributed by atoms with Crippen molar-refractivity contribution >= 4 is 41.3 Å². The number of carbonyl (C=O) groups excluding carboxylic acids is 2. The van der Waals surface area contributed by atoms with Crippen molar-refractivity contribution in [1.82, 2.24) is 15.3 Å². The van der Waals surface area contributed by atoms with Crippen LogP contribution in [0.25, 0.3) is 0 Å². The lowest BCUT2D eigenvalue weighted by Crippen LogP contribution is -2.55. The van der Waals surface area contributed by atoms with Crippen LogP contribution in [0.1, 0.15) is 57.8 Å². The third-order valence-electron chi connectivity index (χ3n) is 6.77. The number of pyridine rings is 2. The fraction of sp³-hybridized carbons (Fsp3) is 0.231. The molecule has 0 saturated carbocycles. The summed E-state index contributed by atoms with van der Waals surface area (Å²) in [5.74, 6) is -5.15. The monoisotopic (exact) mass is 574 g/mol. The Hall–Kier alpha value is -4.46. The molecule has 1 aliphatic heterocycles. The maximum Gasteiger partial charge on any atom is 0.446 e. The lowest BCUT2D eigenvalue weighted by atomic mass is 9.69. The number of nitrogens with one attached hydrogen (secondary N) is 1. The van der Waals surface area contributed by atoms with Gasteiger partial charge in [0.2, 0.25) is 0 Å². The van der Waals surface area contributed by atoms with Gasteiger partial charge in [0.15, 0.2) is 0 Å². The van der Waals surface area contributed by atoms with Crippen LogP contribution in [0.5, 0.6) is 0 Å². The number of imide groups is 1. The number of carbonyl (C=O) groups is 4. The van der Waals surface area contributed by atoms with Crippen molar-refractivity contribution in [3.05, 3.63) is 83.4 Å². The van der Waals surface area contributed by atoms with E-state index < -0.39 is 46.8 Å². The van der Waals surface area contributed by atoms with Crippen LogP contribution < -0.4 is 10.2 Å². The third kappa shape index (κ3) is 5.34. The second-order valence-corrected chi connectivity index (χ2v) is 10.1. The zero-order valence-corrected chi connectivity index (χ0v) is 21.7. The van der Waals surface area contributed by atoms with E-state index in [1.165, 1.54) is 48.8 Å². The molecule has 0 bridgehead atoms. The molecule has 2 aromatic heterocycles. The Balaban J connectivity index is 1.83. The van der Waals surface area contributed by atoms with E-state index in [0.717, 1.165) is 17.0 Å². The quantitative estimate of drug-likeness (QED) is 0.252. The minimum Gasteiger partial charge on any atom is -0.477 e. The van der Waals surface area contributed by atoms with Crippen LogP contribution in [-0.2, 0) is 4.79 Å². The van der Waals surface area contributed by atoms with Crippen LogP contribution in [-0.4, -0.2) is 55.1 Å². The lowest BCUT2D eigenvalue weighted by Gasteiger charge is -2.39. The van der Waals surface area contributed by atoms with E-state index in [2.05, 4.69) is 15.3 Å². The third-order valence-corrected chi connectivity index (χ3v) is 7.51. The number of urea groups is 1. The van der Waals surface area contributed by atoms with Crippen molar-refractivity contribution in [2.75, 3.05) is 4.90 Å². The first-order valence-corrected chi connectivity index (χ1v) is 12.5. The predicted octanol–water partition coefficient (Wildman–Crippen LogP) is 4.89. The van der Waals surface area contributed by atoms with Gasteiger partial charge in [-0.15, -0.1) is 0 Å². The molecule has 0 aliphatic carbocycles. The van der Waals surface area contributed by atoms with Gasteiger partial charge < -0.3 is 15.5 Å². The summed E-state index contributed by atoms with van der Waals surface area (Å²) >= 11 is -0.347. The molecule has 208 valence electrons. The van der Waals surface area contributed by atoms with Crippen molar-refractivity contribution in [2.24, 2.45) is 0 Å². The molecule has 14 heteroatoms. The van der Waals surface area contributed by atoms with Crippen LogP contribution in [0.3, 0.4) is 0 Å². The summed E-state index contributed by atoms with van der Waals surface area (Å²) in [5.41, 5.74) is -6.19. The second kappa shape index (κ2) is 10.6. The Morgan fingerprint density at radius 1 is 0.900 bits per heavy atom. The average molecular weight is 575 g/mol. The summed E-state index contributed by atoms with van der Waals surface area (Å²) in [6.45, 7) is 3.20. The van der Waals surface area contributed by atoms with Crippen LogP contribution in [0.2, 0.25) is 0 Å². The smallest absolute Gasteiger partial charge is 0.446 e. The number of aromatic nitrogens is 2. The number of halogens is 3. The summed E-state index contributed by atoms with van der Waals surface area (Å²) in [6, 6.07) is 9.33. The van der Waals surface area contributed by atoms with E-state index in [1.54, 1.807) is 13.8 Å². The van der Waals surface area contributed by atoms with Gasteiger partial charge in [0, 0.05) is 29.1 Å². The zero-order valence-electron chi connectivity index (χ0n) is 20.8. The number of hydrogen-bond acceptors (Lipinski definition) is 7. The summed E-state index contributed by atoms with van der Waals surface area (Å²) in [4.78, 5) is 58.9. The molecule has 3 N–H and O–H groups in total. The zero-order chi connectivity index (χ0) is 29.4. The SMILES string of the molecule is CC(c1ccnc(C(=O)O)c1)C1(C(C)c2ccnc(C(=O)O)c2)NC(=O)N(c2ccc(SC(F)(F)F)cc2)C1=O. The number of carboxylic acid groups (broad SMARTS) is 2. The largest absolute Gasteiger partial charge is 0.477 e. The average Bonchev–Trinajstić information content (AvgIpc) is 3.18. The van der Waals surface area contributed by atoms with Crippen molar-refractivity contribution in [3.63, 3.8) is 0 Å². The molecule has 0 spiro atoms. The number of carboxylic acids is 2. The highest BCUT2D eigenvalue weighted by atomic mass is 32.2. The van der Waals surface area contributed by atoms with Crippen molar-refractivity contribution in [2.45, 2.75) is 41.6 Å².